The predicted octanol–water partition coefficient (Wildman–Crippen LogP) is 3.24. The molecule has 0 aromatic heterocycles. The third-order valence-corrected chi connectivity index (χ3v) is 3.17. The maximum Gasteiger partial charge on any atom is 0.274 e. The summed E-state index contributed by atoms with van der Waals surface area (Å²) in [5.41, 5.74) is 1.69. The van der Waals surface area contributed by atoms with Crippen molar-refractivity contribution in [1.82, 2.24) is 0 Å². The van der Waals surface area contributed by atoms with Gasteiger partial charge in [0, 0.05) is 24.4 Å². The maximum atomic E-state index is 11.0. The quantitative estimate of drug-likeness (QED) is 0.608. The van der Waals surface area contributed by atoms with Gasteiger partial charge in [0.15, 0.2) is 0 Å². The van der Waals surface area contributed by atoms with E-state index in [1.165, 1.54) is 0 Å². The highest BCUT2D eigenvalue weighted by molar-refractivity contribution is 5.55. The van der Waals surface area contributed by atoms with Gasteiger partial charge in [0.05, 0.1) is 17.6 Å². The second kappa shape index (κ2) is 7.09. The topological polar surface area (TPSA) is 64.4 Å². The standard InChI is InChI=1S/C14H22N2O3/c1-5-11-6-7-12(8-14(11)16(17)18)15-13(9-19-4)10(2)3/h6-8,10,13,15H,5,9H2,1-4H3. The number of nitrogens with one attached hydrogen (secondary N) is 1. The average molecular weight is 266 g/mol. The molecule has 0 saturated carbocycles. The highest BCUT2D eigenvalue weighted by Crippen LogP contribution is 2.24. The molecule has 1 unspecified atom stereocenters. The van der Waals surface area contributed by atoms with Crippen molar-refractivity contribution in [2.45, 2.75) is 33.2 Å². The number of benzene rings is 1. The van der Waals surface area contributed by atoms with Gasteiger partial charge in [0.2, 0.25) is 0 Å². The zero-order valence-corrected chi connectivity index (χ0v) is 12.0. The van der Waals surface area contributed by atoms with E-state index >= 15 is 0 Å². The van der Waals surface area contributed by atoms with Crippen LogP contribution in [0.3, 0.4) is 0 Å². The largest absolute Gasteiger partial charge is 0.383 e. The molecule has 19 heavy (non-hydrogen) atoms. The number of rotatable bonds is 7. The maximum absolute atomic E-state index is 11.0. The Bertz CT molecular complexity index is 433. The number of anilines is 1. The van der Waals surface area contributed by atoms with Gasteiger partial charge in [-0.05, 0) is 18.4 Å². The zero-order valence-electron chi connectivity index (χ0n) is 12.0. The highest BCUT2D eigenvalue weighted by atomic mass is 16.6. The number of ether oxygens (including phenoxy) is 1. The molecule has 1 rings (SSSR count). The minimum Gasteiger partial charge on any atom is -0.383 e. The lowest BCUT2D eigenvalue weighted by Gasteiger charge is -2.22. The van der Waals surface area contributed by atoms with E-state index in [0.29, 0.717) is 18.9 Å². The van der Waals surface area contributed by atoms with Gasteiger partial charge < -0.3 is 10.1 Å². The lowest BCUT2D eigenvalue weighted by molar-refractivity contribution is -0.385. The monoisotopic (exact) mass is 266 g/mol. The van der Waals surface area contributed by atoms with E-state index in [1.54, 1.807) is 13.2 Å². The fraction of sp³-hybridized carbons (Fsp3) is 0.571. The van der Waals surface area contributed by atoms with Crippen molar-refractivity contribution in [3.8, 4) is 0 Å². The highest BCUT2D eigenvalue weighted by Gasteiger charge is 2.16. The summed E-state index contributed by atoms with van der Waals surface area (Å²) in [4.78, 5) is 10.7. The van der Waals surface area contributed by atoms with Crippen molar-refractivity contribution < 1.29 is 9.66 Å². The van der Waals surface area contributed by atoms with Gasteiger partial charge in [-0.3, -0.25) is 10.1 Å². The molecule has 106 valence electrons. The van der Waals surface area contributed by atoms with Crippen LogP contribution in [0.4, 0.5) is 11.4 Å². The number of methoxy groups -OCH3 is 1. The third kappa shape index (κ3) is 4.21. The average Bonchev–Trinajstić information content (AvgIpc) is 2.37. The molecule has 1 atom stereocenters. The van der Waals surface area contributed by atoms with Crippen LogP contribution in [-0.2, 0) is 11.2 Å². The van der Waals surface area contributed by atoms with E-state index in [4.69, 9.17) is 4.74 Å². The van der Waals surface area contributed by atoms with Crippen LogP contribution in [0, 0.1) is 16.0 Å². The van der Waals surface area contributed by atoms with Crippen LogP contribution in [0.1, 0.15) is 26.3 Å². The minimum absolute atomic E-state index is 0.136. The van der Waals surface area contributed by atoms with E-state index in [9.17, 15) is 10.1 Å². The normalized spacial score (nSPS) is 12.5. The molecule has 1 aromatic rings. The third-order valence-electron chi connectivity index (χ3n) is 3.17. The van der Waals surface area contributed by atoms with Crippen molar-refractivity contribution in [3.63, 3.8) is 0 Å². The van der Waals surface area contributed by atoms with Crippen LogP contribution >= 0.6 is 0 Å². The molecule has 0 spiro atoms. The van der Waals surface area contributed by atoms with E-state index in [0.717, 1.165) is 11.3 Å². The molecule has 0 heterocycles. The smallest absolute Gasteiger partial charge is 0.274 e. The fourth-order valence-electron chi connectivity index (χ4n) is 1.92. The number of hydrogen-bond donors (Lipinski definition) is 1. The van der Waals surface area contributed by atoms with Crippen LogP contribution in [0.15, 0.2) is 18.2 Å². The number of nitro benzene ring substituents is 1. The van der Waals surface area contributed by atoms with Gasteiger partial charge in [0.1, 0.15) is 0 Å². The zero-order chi connectivity index (χ0) is 14.4. The number of nitrogens with zero attached hydrogens (tertiary/aromatic N) is 1. The summed E-state index contributed by atoms with van der Waals surface area (Å²) in [6.07, 6.45) is 0.655. The molecule has 0 aliphatic heterocycles. The van der Waals surface area contributed by atoms with E-state index < -0.39 is 0 Å². The lowest BCUT2D eigenvalue weighted by Crippen LogP contribution is -2.30. The van der Waals surface area contributed by atoms with Gasteiger partial charge in [-0.15, -0.1) is 0 Å². The molecule has 0 bridgehead atoms. The summed E-state index contributed by atoms with van der Waals surface area (Å²) in [6, 6.07) is 5.43. The fourth-order valence-corrected chi connectivity index (χ4v) is 1.92. The van der Waals surface area contributed by atoms with Crippen molar-refractivity contribution in [3.05, 3.63) is 33.9 Å². The second-order valence-electron chi connectivity index (χ2n) is 4.90. The van der Waals surface area contributed by atoms with Crippen molar-refractivity contribution in [2.24, 2.45) is 5.92 Å². The summed E-state index contributed by atoms with van der Waals surface area (Å²) in [5, 5.41) is 14.3. The predicted molar refractivity (Wildman–Crippen MR) is 76.6 cm³/mol. The molecule has 5 nitrogen and oxygen atoms in total. The van der Waals surface area contributed by atoms with E-state index in [1.807, 2.05) is 19.1 Å². The van der Waals surface area contributed by atoms with Gasteiger partial charge >= 0.3 is 0 Å². The Labute approximate surface area is 114 Å². The summed E-state index contributed by atoms with van der Waals surface area (Å²) >= 11 is 0. The van der Waals surface area contributed by atoms with Crippen LogP contribution in [0.25, 0.3) is 0 Å². The molecule has 0 saturated heterocycles. The Hall–Kier alpha value is -1.62. The second-order valence-corrected chi connectivity index (χ2v) is 4.90. The first-order valence-electron chi connectivity index (χ1n) is 6.52. The SMILES string of the molecule is CCc1ccc(NC(COC)C(C)C)cc1[N+](=O)[O-]. The molecule has 0 fully saturated rings. The van der Waals surface area contributed by atoms with Crippen molar-refractivity contribution >= 4 is 11.4 Å². The number of hydrogen-bond acceptors (Lipinski definition) is 4. The first-order valence-corrected chi connectivity index (χ1v) is 6.52. The van der Waals surface area contributed by atoms with Gasteiger partial charge in [0.25, 0.3) is 5.69 Å². The van der Waals surface area contributed by atoms with Gasteiger partial charge in [-0.2, -0.15) is 0 Å². The first kappa shape index (κ1) is 15.4. The van der Waals surface area contributed by atoms with E-state index in [-0.39, 0.29) is 16.7 Å². The van der Waals surface area contributed by atoms with Crippen molar-refractivity contribution in [1.29, 1.82) is 0 Å². The Kier molecular flexibility index (Phi) is 5.76. The Morgan fingerprint density at radius 2 is 2.11 bits per heavy atom. The van der Waals surface area contributed by atoms with Crippen LogP contribution in [-0.4, -0.2) is 24.7 Å². The van der Waals surface area contributed by atoms with Crippen molar-refractivity contribution in [2.75, 3.05) is 19.0 Å². The number of nitro groups is 1. The summed E-state index contributed by atoms with van der Waals surface area (Å²) in [5.74, 6) is 0.379. The molecule has 0 aliphatic rings. The molecule has 1 aromatic carbocycles. The summed E-state index contributed by atoms with van der Waals surface area (Å²) < 4.78 is 5.16. The van der Waals surface area contributed by atoms with Crippen LogP contribution in [0.5, 0.6) is 0 Å². The molecule has 0 amide bonds. The molecular weight excluding hydrogens is 244 g/mol. The van der Waals surface area contributed by atoms with Crippen LogP contribution in [0.2, 0.25) is 0 Å². The Balaban J connectivity index is 2.95. The first-order chi connectivity index (χ1) is 8.99. The van der Waals surface area contributed by atoms with E-state index in [2.05, 4.69) is 19.2 Å². The van der Waals surface area contributed by atoms with Gasteiger partial charge in [-0.25, -0.2) is 0 Å². The summed E-state index contributed by atoms with van der Waals surface area (Å²) in [7, 11) is 1.65. The Morgan fingerprint density at radius 1 is 1.42 bits per heavy atom. The number of aryl methyl sites for hydroxylation is 1. The molecule has 5 heteroatoms. The molecule has 1 N–H and O–H groups in total. The Morgan fingerprint density at radius 3 is 2.58 bits per heavy atom. The molecule has 0 aliphatic carbocycles. The minimum atomic E-state index is -0.329. The molecule has 0 radical (unpaired) electrons. The summed E-state index contributed by atoms with van der Waals surface area (Å²) in [6.45, 7) is 6.66. The van der Waals surface area contributed by atoms with Gasteiger partial charge in [-0.1, -0.05) is 26.8 Å². The van der Waals surface area contributed by atoms with Crippen LogP contribution < -0.4 is 5.32 Å². The molecular formula is C14H22N2O3. The lowest BCUT2D eigenvalue weighted by atomic mass is 10.0.